The molecule has 0 aromatic carbocycles. The molecule has 0 atom stereocenters. The van der Waals surface area contributed by atoms with Crippen LogP contribution >= 0.6 is 0 Å². The van der Waals surface area contributed by atoms with Gasteiger partial charge in [-0.05, 0) is 37.0 Å². The third-order valence-corrected chi connectivity index (χ3v) is 4.35. The van der Waals surface area contributed by atoms with Crippen LogP contribution in [0.3, 0.4) is 0 Å². The quantitative estimate of drug-likeness (QED) is 0.362. The number of aldehydes is 1. The number of pyridine rings is 2. The molecule has 0 saturated carbocycles. The predicted molar refractivity (Wildman–Crippen MR) is 112 cm³/mol. The van der Waals surface area contributed by atoms with E-state index in [1.807, 2.05) is 37.4 Å². The number of hydrogen-bond acceptors (Lipinski definition) is 3. The molecule has 0 aliphatic rings. The van der Waals surface area contributed by atoms with Crippen molar-refractivity contribution < 1.29 is 4.79 Å². The van der Waals surface area contributed by atoms with E-state index in [0.29, 0.717) is 19.5 Å². The molecule has 0 radical (unpaired) electrons. The van der Waals surface area contributed by atoms with E-state index in [1.54, 1.807) is 33.5 Å². The lowest BCUT2D eigenvalue weighted by atomic mass is 10.1. The molecular weight excluding hydrogens is 352 g/mol. The molecule has 0 aliphatic heterocycles. The minimum Gasteiger partial charge on any atom is -0.311 e. The van der Waals surface area contributed by atoms with E-state index in [9.17, 15) is 14.4 Å². The van der Waals surface area contributed by atoms with E-state index in [4.69, 9.17) is 0 Å². The van der Waals surface area contributed by atoms with Gasteiger partial charge in [-0.2, -0.15) is 0 Å². The maximum absolute atomic E-state index is 12.2. The highest BCUT2D eigenvalue weighted by atomic mass is 16.1. The highest BCUT2D eigenvalue weighted by molar-refractivity contribution is 5.49. The third-order valence-electron chi connectivity index (χ3n) is 4.35. The molecule has 0 aliphatic carbocycles. The number of allylic oxidation sites excluding steroid dienone is 5. The highest BCUT2D eigenvalue weighted by Gasteiger charge is 2.01. The van der Waals surface area contributed by atoms with Crippen LogP contribution in [0.2, 0.25) is 0 Å². The molecule has 2 aromatic heterocycles. The van der Waals surface area contributed by atoms with Gasteiger partial charge in [0.15, 0.2) is 0 Å². The van der Waals surface area contributed by atoms with Crippen molar-refractivity contribution in [3.05, 3.63) is 105 Å². The van der Waals surface area contributed by atoms with Gasteiger partial charge in [0.25, 0.3) is 11.1 Å². The predicted octanol–water partition coefficient (Wildman–Crippen LogP) is 3.29. The number of carbonyl (C=O) groups is 1. The van der Waals surface area contributed by atoms with Crippen molar-refractivity contribution in [1.82, 2.24) is 9.13 Å². The van der Waals surface area contributed by atoms with Crippen LogP contribution in [0.15, 0.2) is 88.3 Å². The number of hydrogen-bond donors (Lipinski definition) is 0. The minimum absolute atomic E-state index is 0.0406. The molecule has 0 amide bonds. The fraction of sp³-hybridized carbons (Fsp3) is 0.261. The molecule has 146 valence electrons. The molecule has 0 N–H and O–H groups in total. The van der Waals surface area contributed by atoms with Crippen LogP contribution in [0.1, 0.15) is 25.3 Å². The summed E-state index contributed by atoms with van der Waals surface area (Å²) < 4.78 is 3.29. The van der Waals surface area contributed by atoms with Gasteiger partial charge in [-0.25, -0.2) is 0 Å². The van der Waals surface area contributed by atoms with Crippen LogP contribution in [0.4, 0.5) is 0 Å². The Morgan fingerprint density at radius 2 is 1.82 bits per heavy atom. The summed E-state index contributed by atoms with van der Waals surface area (Å²) >= 11 is 0. The van der Waals surface area contributed by atoms with E-state index >= 15 is 0 Å². The van der Waals surface area contributed by atoms with Crippen LogP contribution in [-0.4, -0.2) is 15.4 Å². The van der Waals surface area contributed by atoms with Crippen molar-refractivity contribution in [2.75, 3.05) is 0 Å². The van der Waals surface area contributed by atoms with Crippen molar-refractivity contribution in [2.45, 2.75) is 39.3 Å². The van der Waals surface area contributed by atoms with E-state index in [1.165, 1.54) is 6.07 Å². The molecule has 0 bridgehead atoms. The number of aryl methyl sites for hydroxylation is 1. The fourth-order valence-corrected chi connectivity index (χ4v) is 2.79. The Kier molecular flexibility index (Phi) is 8.15. The van der Waals surface area contributed by atoms with Gasteiger partial charge in [0.1, 0.15) is 6.29 Å². The van der Waals surface area contributed by atoms with Crippen molar-refractivity contribution >= 4 is 6.29 Å². The first-order valence-electron chi connectivity index (χ1n) is 9.30. The average molecular weight is 378 g/mol. The first kappa shape index (κ1) is 21.1. The van der Waals surface area contributed by atoms with Gasteiger partial charge in [-0.15, -0.1) is 0 Å². The summed E-state index contributed by atoms with van der Waals surface area (Å²) in [6.07, 6.45) is 12.1. The number of unbranched alkanes of at least 4 members (excludes halogenated alkanes) is 1. The SMILES string of the molecule is C=C/C(=C\C=C(/C)Cn1ccccc1=O)Cn1cc(CCCC=O)ccc1=O. The maximum atomic E-state index is 12.2. The lowest BCUT2D eigenvalue weighted by Gasteiger charge is -2.09. The Morgan fingerprint density at radius 3 is 2.54 bits per heavy atom. The molecule has 28 heavy (non-hydrogen) atoms. The van der Waals surface area contributed by atoms with E-state index in [2.05, 4.69) is 6.58 Å². The molecule has 0 saturated heterocycles. The van der Waals surface area contributed by atoms with Crippen molar-refractivity contribution in [2.24, 2.45) is 0 Å². The number of carbonyl (C=O) groups excluding carboxylic acids is 1. The van der Waals surface area contributed by atoms with Gasteiger partial charge in [-0.3, -0.25) is 9.59 Å². The molecular formula is C23H26N2O3. The topological polar surface area (TPSA) is 61.1 Å². The number of nitrogens with zero attached hydrogens (tertiary/aromatic N) is 2. The first-order valence-corrected chi connectivity index (χ1v) is 9.30. The maximum Gasteiger partial charge on any atom is 0.250 e. The largest absolute Gasteiger partial charge is 0.311 e. The highest BCUT2D eigenvalue weighted by Crippen LogP contribution is 2.07. The van der Waals surface area contributed by atoms with Gasteiger partial charge in [-0.1, -0.05) is 42.5 Å². The molecule has 0 unspecified atom stereocenters. The molecule has 5 heteroatoms. The second kappa shape index (κ2) is 10.8. The zero-order chi connectivity index (χ0) is 20.4. The molecule has 0 fully saturated rings. The van der Waals surface area contributed by atoms with Crippen LogP contribution < -0.4 is 11.1 Å². The normalized spacial score (nSPS) is 12.0. The van der Waals surface area contributed by atoms with Crippen LogP contribution in [0, 0.1) is 0 Å². The second-order valence-corrected chi connectivity index (χ2v) is 6.69. The summed E-state index contributed by atoms with van der Waals surface area (Å²) in [5.41, 5.74) is 2.82. The molecule has 5 nitrogen and oxygen atoms in total. The summed E-state index contributed by atoms with van der Waals surface area (Å²) in [5, 5.41) is 0. The Morgan fingerprint density at radius 1 is 1.04 bits per heavy atom. The van der Waals surface area contributed by atoms with Crippen molar-refractivity contribution in [3.63, 3.8) is 0 Å². The van der Waals surface area contributed by atoms with Gasteiger partial charge in [0, 0.05) is 37.5 Å². The van der Waals surface area contributed by atoms with Crippen molar-refractivity contribution in [3.8, 4) is 0 Å². The van der Waals surface area contributed by atoms with Gasteiger partial charge in [0.05, 0.1) is 6.54 Å². The molecule has 2 heterocycles. The zero-order valence-corrected chi connectivity index (χ0v) is 16.2. The van der Waals surface area contributed by atoms with E-state index < -0.39 is 0 Å². The smallest absolute Gasteiger partial charge is 0.250 e. The summed E-state index contributed by atoms with van der Waals surface area (Å²) in [6.45, 7) is 6.72. The number of rotatable bonds is 10. The van der Waals surface area contributed by atoms with Crippen LogP contribution in [0.25, 0.3) is 0 Å². The zero-order valence-electron chi connectivity index (χ0n) is 16.2. The monoisotopic (exact) mass is 378 g/mol. The molecule has 0 spiro atoms. The van der Waals surface area contributed by atoms with Gasteiger partial charge in [0.2, 0.25) is 0 Å². The fourth-order valence-electron chi connectivity index (χ4n) is 2.79. The van der Waals surface area contributed by atoms with Gasteiger partial charge >= 0.3 is 0 Å². The minimum atomic E-state index is -0.0802. The lowest BCUT2D eigenvalue weighted by Crippen LogP contribution is -2.20. The van der Waals surface area contributed by atoms with Gasteiger partial charge < -0.3 is 13.9 Å². The Balaban J connectivity index is 2.12. The summed E-state index contributed by atoms with van der Waals surface area (Å²) in [5.74, 6) is 0. The summed E-state index contributed by atoms with van der Waals surface area (Å²) in [6, 6.07) is 8.45. The number of aromatic nitrogens is 2. The average Bonchev–Trinajstić information content (AvgIpc) is 2.69. The Labute approximate surface area is 165 Å². The molecule has 2 rings (SSSR count). The van der Waals surface area contributed by atoms with E-state index in [0.717, 1.165) is 35.8 Å². The second-order valence-electron chi connectivity index (χ2n) is 6.69. The standard InChI is InChI=1S/C23H26N2O3/c1-3-20(11-10-19(2)16-24-14-6-4-9-22(24)27)17-25-18-21(8-5-7-15-26)12-13-23(25)28/h3-4,6,9-15,18H,1,5,7-8,16-17H2,2H3/b19-10+,20-11+. The third kappa shape index (κ3) is 6.50. The Bertz CT molecular complexity index is 993. The first-order chi connectivity index (χ1) is 13.5. The Hall–Kier alpha value is -3.21. The van der Waals surface area contributed by atoms with E-state index in [-0.39, 0.29) is 11.1 Å². The molecule has 2 aromatic rings. The van der Waals surface area contributed by atoms with Crippen molar-refractivity contribution in [1.29, 1.82) is 0 Å². The summed E-state index contributed by atoms with van der Waals surface area (Å²) in [7, 11) is 0. The lowest BCUT2D eigenvalue weighted by molar-refractivity contribution is -0.107. The van der Waals surface area contributed by atoms with Crippen LogP contribution in [-0.2, 0) is 24.3 Å². The van der Waals surface area contributed by atoms with Crippen LogP contribution in [0.5, 0.6) is 0 Å². The summed E-state index contributed by atoms with van der Waals surface area (Å²) in [4.78, 5) is 34.4.